The fourth-order valence-corrected chi connectivity index (χ4v) is 3.74. The summed E-state index contributed by atoms with van der Waals surface area (Å²) in [4.78, 5) is 12.1. The molecule has 0 unspecified atom stereocenters. The van der Waals surface area contributed by atoms with Crippen LogP contribution in [0.4, 0.5) is 0 Å². The van der Waals surface area contributed by atoms with Crippen LogP contribution < -0.4 is 14.8 Å². The van der Waals surface area contributed by atoms with E-state index in [0.29, 0.717) is 18.9 Å². The largest absolute Gasteiger partial charge is 0.492 e. The molecule has 1 amide bonds. The maximum absolute atomic E-state index is 12.5. The fourth-order valence-electron chi connectivity index (χ4n) is 2.21. The molecule has 0 aliphatic heterocycles. The first-order valence-electron chi connectivity index (χ1n) is 8.10. The molecule has 0 fully saturated rings. The van der Waals surface area contributed by atoms with Crippen LogP contribution in [0, 0.1) is 0 Å². The number of rotatable bonds is 8. The van der Waals surface area contributed by atoms with Crippen LogP contribution in [0.3, 0.4) is 0 Å². The third-order valence-corrected chi connectivity index (χ3v) is 5.38. The molecule has 0 aliphatic carbocycles. The van der Waals surface area contributed by atoms with E-state index in [0.717, 1.165) is 5.56 Å². The van der Waals surface area contributed by atoms with Crippen molar-refractivity contribution in [2.24, 2.45) is 0 Å². The molecule has 2 aromatic carbocycles. The van der Waals surface area contributed by atoms with Crippen LogP contribution in [0.25, 0.3) is 0 Å². The average molecular weight is 397 g/mol. The van der Waals surface area contributed by atoms with Gasteiger partial charge in [0.05, 0.1) is 22.6 Å². The molecule has 0 heterocycles. The van der Waals surface area contributed by atoms with E-state index in [1.165, 1.54) is 25.1 Å². The third kappa shape index (κ3) is 5.45. The predicted molar refractivity (Wildman–Crippen MR) is 101 cm³/mol. The van der Waals surface area contributed by atoms with Gasteiger partial charge in [-0.2, -0.15) is 4.72 Å². The van der Waals surface area contributed by atoms with Gasteiger partial charge in [-0.3, -0.25) is 4.79 Å². The van der Waals surface area contributed by atoms with Gasteiger partial charge in [0.2, 0.25) is 15.9 Å². The van der Waals surface area contributed by atoms with Crippen LogP contribution in [-0.4, -0.2) is 27.0 Å². The van der Waals surface area contributed by atoms with Crippen molar-refractivity contribution in [3.05, 3.63) is 59.1 Å². The van der Waals surface area contributed by atoms with Gasteiger partial charge < -0.3 is 10.1 Å². The molecule has 2 aromatic rings. The van der Waals surface area contributed by atoms with Gasteiger partial charge in [-0.25, -0.2) is 8.42 Å². The molecule has 0 saturated heterocycles. The number of benzene rings is 2. The summed E-state index contributed by atoms with van der Waals surface area (Å²) >= 11 is 6.03. The minimum atomic E-state index is -3.89. The molecular weight excluding hydrogens is 376 g/mol. The van der Waals surface area contributed by atoms with Gasteiger partial charge in [0, 0.05) is 6.54 Å². The number of halogens is 1. The van der Waals surface area contributed by atoms with Gasteiger partial charge in [-0.15, -0.1) is 0 Å². The van der Waals surface area contributed by atoms with Crippen molar-refractivity contribution in [1.29, 1.82) is 0 Å². The Morgan fingerprint density at radius 1 is 1.19 bits per heavy atom. The number of hydrogen-bond acceptors (Lipinski definition) is 4. The molecule has 6 nitrogen and oxygen atoms in total. The molecule has 0 aromatic heterocycles. The second-order valence-electron chi connectivity index (χ2n) is 5.57. The van der Waals surface area contributed by atoms with Gasteiger partial charge in [-0.1, -0.05) is 41.9 Å². The SMILES string of the molecule is CCOc1ccc(S(=O)(=O)N[C@@H](C)C(=O)NCc2ccccc2)cc1Cl. The molecule has 0 radical (unpaired) electrons. The zero-order valence-electron chi connectivity index (χ0n) is 14.5. The molecule has 0 spiro atoms. The molecule has 1 atom stereocenters. The molecule has 0 bridgehead atoms. The van der Waals surface area contributed by atoms with Gasteiger partial charge in [0.1, 0.15) is 5.75 Å². The van der Waals surface area contributed by atoms with E-state index in [2.05, 4.69) is 10.0 Å². The fraction of sp³-hybridized carbons (Fsp3) is 0.278. The summed E-state index contributed by atoms with van der Waals surface area (Å²) in [5, 5.41) is 2.89. The van der Waals surface area contributed by atoms with Crippen molar-refractivity contribution in [1.82, 2.24) is 10.0 Å². The summed E-state index contributed by atoms with van der Waals surface area (Å²) in [5.41, 5.74) is 0.925. The maximum atomic E-state index is 12.5. The topological polar surface area (TPSA) is 84.5 Å². The van der Waals surface area contributed by atoms with Crippen molar-refractivity contribution in [2.75, 3.05) is 6.61 Å². The van der Waals surface area contributed by atoms with E-state index >= 15 is 0 Å². The summed E-state index contributed by atoms with van der Waals surface area (Å²) in [5.74, 6) is -0.0174. The highest BCUT2D eigenvalue weighted by Gasteiger charge is 2.22. The van der Waals surface area contributed by atoms with Crippen molar-refractivity contribution < 1.29 is 17.9 Å². The van der Waals surface area contributed by atoms with Crippen LogP contribution in [0.2, 0.25) is 5.02 Å². The minimum Gasteiger partial charge on any atom is -0.492 e. The van der Waals surface area contributed by atoms with E-state index in [1.54, 1.807) is 6.92 Å². The molecule has 2 rings (SSSR count). The van der Waals surface area contributed by atoms with E-state index in [1.807, 2.05) is 30.3 Å². The number of sulfonamides is 1. The summed E-state index contributed by atoms with van der Waals surface area (Å²) in [6, 6.07) is 12.6. The smallest absolute Gasteiger partial charge is 0.241 e. The molecular formula is C18H21ClN2O4S. The lowest BCUT2D eigenvalue weighted by Crippen LogP contribution is -2.44. The molecule has 0 aliphatic rings. The van der Waals surface area contributed by atoms with Gasteiger partial charge in [0.25, 0.3) is 0 Å². The third-order valence-electron chi connectivity index (χ3n) is 3.55. The second-order valence-corrected chi connectivity index (χ2v) is 7.69. The molecule has 2 N–H and O–H groups in total. The Morgan fingerprint density at radius 3 is 2.50 bits per heavy atom. The highest BCUT2D eigenvalue weighted by Crippen LogP contribution is 2.27. The molecule has 140 valence electrons. The van der Waals surface area contributed by atoms with Gasteiger partial charge in [0.15, 0.2) is 0 Å². The van der Waals surface area contributed by atoms with E-state index in [4.69, 9.17) is 16.3 Å². The van der Waals surface area contributed by atoms with E-state index in [-0.39, 0.29) is 9.92 Å². The van der Waals surface area contributed by atoms with Crippen molar-refractivity contribution in [3.63, 3.8) is 0 Å². The summed E-state index contributed by atoms with van der Waals surface area (Å²) in [6.45, 7) is 4.02. The Labute approximate surface area is 158 Å². The first kappa shape index (κ1) is 20.2. The zero-order valence-corrected chi connectivity index (χ0v) is 16.1. The summed E-state index contributed by atoms with van der Waals surface area (Å²) < 4.78 is 32.5. The minimum absolute atomic E-state index is 0.0336. The van der Waals surface area contributed by atoms with Crippen molar-refractivity contribution >= 4 is 27.5 Å². The van der Waals surface area contributed by atoms with Crippen LogP contribution in [0.5, 0.6) is 5.75 Å². The van der Waals surface area contributed by atoms with E-state index in [9.17, 15) is 13.2 Å². The van der Waals surface area contributed by atoms with Crippen LogP contribution >= 0.6 is 11.6 Å². The Bertz CT molecular complexity index is 857. The van der Waals surface area contributed by atoms with E-state index < -0.39 is 22.0 Å². The zero-order chi connectivity index (χ0) is 19.2. The highest BCUT2D eigenvalue weighted by atomic mass is 35.5. The van der Waals surface area contributed by atoms with Gasteiger partial charge >= 0.3 is 0 Å². The predicted octanol–water partition coefficient (Wildman–Crippen LogP) is 2.72. The Hall–Kier alpha value is -2.09. The quantitative estimate of drug-likeness (QED) is 0.718. The Kier molecular flexibility index (Phi) is 7.02. The highest BCUT2D eigenvalue weighted by molar-refractivity contribution is 7.89. The second kappa shape index (κ2) is 9.02. The Balaban J connectivity index is 2.01. The first-order valence-corrected chi connectivity index (χ1v) is 9.96. The van der Waals surface area contributed by atoms with Crippen LogP contribution in [-0.2, 0) is 21.4 Å². The van der Waals surface area contributed by atoms with Crippen molar-refractivity contribution in [2.45, 2.75) is 31.3 Å². The number of nitrogens with one attached hydrogen (secondary N) is 2. The number of hydrogen-bond donors (Lipinski definition) is 2. The monoisotopic (exact) mass is 396 g/mol. The lowest BCUT2D eigenvalue weighted by atomic mass is 10.2. The standard InChI is InChI=1S/C18H21ClN2O4S/c1-3-25-17-10-9-15(11-16(17)19)26(23,24)21-13(2)18(22)20-12-14-7-5-4-6-8-14/h4-11,13,21H,3,12H2,1-2H3,(H,20,22)/t13-/m0/s1. The lowest BCUT2D eigenvalue weighted by molar-refractivity contribution is -0.122. The first-order chi connectivity index (χ1) is 12.3. The Morgan fingerprint density at radius 2 is 1.88 bits per heavy atom. The number of carbonyl (C=O) groups excluding carboxylic acids is 1. The summed E-state index contributed by atoms with van der Waals surface area (Å²) in [6.07, 6.45) is 0. The summed E-state index contributed by atoms with van der Waals surface area (Å²) in [7, 11) is -3.89. The van der Waals surface area contributed by atoms with Crippen LogP contribution in [0.15, 0.2) is 53.4 Å². The van der Waals surface area contributed by atoms with Crippen molar-refractivity contribution in [3.8, 4) is 5.75 Å². The van der Waals surface area contributed by atoms with Gasteiger partial charge in [-0.05, 0) is 37.6 Å². The normalized spacial score (nSPS) is 12.4. The maximum Gasteiger partial charge on any atom is 0.241 e. The molecule has 26 heavy (non-hydrogen) atoms. The number of ether oxygens (including phenoxy) is 1. The average Bonchev–Trinajstić information content (AvgIpc) is 2.62. The number of carbonyl (C=O) groups is 1. The number of amides is 1. The lowest BCUT2D eigenvalue weighted by Gasteiger charge is -2.15. The molecule has 0 saturated carbocycles. The van der Waals surface area contributed by atoms with Crippen LogP contribution in [0.1, 0.15) is 19.4 Å². The molecule has 8 heteroatoms.